The molecule has 0 radical (unpaired) electrons. The Labute approximate surface area is 230 Å². The Morgan fingerprint density at radius 3 is 1.18 bits per heavy atom. The molecule has 4 rings (SSSR count). The van der Waals surface area contributed by atoms with Crippen molar-refractivity contribution in [3.05, 3.63) is 120 Å². The van der Waals surface area contributed by atoms with E-state index >= 15 is 0 Å². The van der Waals surface area contributed by atoms with Gasteiger partial charge in [0.2, 0.25) is 21.6 Å². The molecule has 0 aliphatic rings. The van der Waals surface area contributed by atoms with Crippen LogP contribution in [0, 0.1) is 0 Å². The molecule has 0 atom stereocenters. The van der Waals surface area contributed by atoms with Crippen molar-refractivity contribution in [2.24, 2.45) is 9.98 Å². The van der Waals surface area contributed by atoms with Gasteiger partial charge in [-0.3, -0.25) is 0 Å². The number of sulfone groups is 1. The molecular formula is C32H32N2O4S. The van der Waals surface area contributed by atoms with Crippen molar-refractivity contribution in [2.45, 2.75) is 49.7 Å². The summed E-state index contributed by atoms with van der Waals surface area (Å²) in [6, 6.07) is 32.1. The maximum atomic E-state index is 13.3. The summed E-state index contributed by atoms with van der Waals surface area (Å²) in [5, 5.41) is 0. The highest BCUT2D eigenvalue weighted by atomic mass is 32.2. The van der Waals surface area contributed by atoms with Crippen molar-refractivity contribution in [3.63, 3.8) is 0 Å². The zero-order chi connectivity index (χ0) is 27.8. The van der Waals surface area contributed by atoms with Crippen LogP contribution in [0.2, 0.25) is 0 Å². The summed E-state index contributed by atoms with van der Waals surface area (Å²) in [6.07, 6.45) is -0.117. The molecule has 0 N–H and O–H groups in total. The second-order valence-corrected chi connectivity index (χ2v) is 11.3. The quantitative estimate of drug-likeness (QED) is 0.171. The fraction of sp³-hybridized carbons (Fsp3) is 0.188. The van der Waals surface area contributed by atoms with Crippen LogP contribution in [0.1, 0.15) is 38.8 Å². The standard InChI is InChI=1S/C32H32N2O4S/c1-23(2)37-31(25-11-7-5-8-12-25)33-27-15-19-29(20-16-27)39(35,36)30-21-17-28(18-22-30)34-32(38-24(3)4)26-13-9-6-10-14-26/h5-24H,1-4H3. The first-order valence-corrected chi connectivity index (χ1v) is 14.3. The van der Waals surface area contributed by atoms with E-state index < -0.39 is 9.84 Å². The average Bonchev–Trinajstić information content (AvgIpc) is 2.93. The Hall–Kier alpha value is -4.23. The minimum absolute atomic E-state index is 0.0587. The van der Waals surface area contributed by atoms with Crippen LogP contribution in [-0.4, -0.2) is 32.4 Å². The van der Waals surface area contributed by atoms with Gasteiger partial charge in [-0.25, -0.2) is 18.4 Å². The third kappa shape index (κ3) is 7.42. The van der Waals surface area contributed by atoms with Gasteiger partial charge in [-0.2, -0.15) is 0 Å². The number of aliphatic imine (C=N–C) groups is 2. The largest absolute Gasteiger partial charge is 0.475 e. The van der Waals surface area contributed by atoms with E-state index in [9.17, 15) is 8.42 Å². The Bertz CT molecular complexity index is 1410. The molecule has 0 aromatic heterocycles. The molecule has 0 bridgehead atoms. The summed E-state index contributed by atoms with van der Waals surface area (Å²) >= 11 is 0. The second kappa shape index (κ2) is 12.5. The van der Waals surface area contributed by atoms with Gasteiger partial charge < -0.3 is 9.47 Å². The Balaban J connectivity index is 1.57. The number of hydrogen-bond acceptors (Lipinski definition) is 6. The Morgan fingerprint density at radius 2 is 0.872 bits per heavy atom. The van der Waals surface area contributed by atoms with E-state index in [2.05, 4.69) is 9.98 Å². The molecule has 0 fully saturated rings. The van der Waals surface area contributed by atoms with E-state index in [4.69, 9.17) is 9.47 Å². The summed E-state index contributed by atoms with van der Waals surface area (Å²) < 4.78 is 38.4. The molecule has 0 saturated carbocycles. The molecule has 0 heterocycles. The van der Waals surface area contributed by atoms with E-state index in [1.165, 1.54) is 0 Å². The normalized spacial score (nSPS) is 12.6. The highest BCUT2D eigenvalue weighted by Crippen LogP contribution is 2.26. The molecule has 0 aliphatic carbocycles. The Kier molecular flexibility index (Phi) is 8.94. The van der Waals surface area contributed by atoms with Crippen molar-refractivity contribution >= 4 is 33.0 Å². The molecular weight excluding hydrogens is 508 g/mol. The lowest BCUT2D eigenvalue weighted by atomic mass is 10.2. The lowest BCUT2D eigenvalue weighted by Gasteiger charge is -2.13. The maximum absolute atomic E-state index is 13.3. The van der Waals surface area contributed by atoms with Gasteiger partial charge in [-0.15, -0.1) is 0 Å². The lowest BCUT2D eigenvalue weighted by Crippen LogP contribution is -2.12. The van der Waals surface area contributed by atoms with Crippen molar-refractivity contribution < 1.29 is 17.9 Å². The number of rotatable bonds is 8. The summed E-state index contributed by atoms with van der Waals surface area (Å²) in [7, 11) is -3.73. The monoisotopic (exact) mass is 540 g/mol. The topological polar surface area (TPSA) is 77.3 Å². The van der Waals surface area contributed by atoms with Gasteiger partial charge in [-0.05, 0) is 100 Å². The van der Waals surface area contributed by atoms with Crippen molar-refractivity contribution in [1.29, 1.82) is 0 Å². The molecule has 0 saturated heterocycles. The van der Waals surface area contributed by atoms with Crippen LogP contribution in [0.4, 0.5) is 11.4 Å². The molecule has 4 aromatic carbocycles. The molecule has 7 heteroatoms. The van der Waals surface area contributed by atoms with E-state index in [0.717, 1.165) is 11.1 Å². The molecule has 6 nitrogen and oxygen atoms in total. The maximum Gasteiger partial charge on any atom is 0.221 e. The Morgan fingerprint density at radius 1 is 0.538 bits per heavy atom. The molecule has 4 aromatic rings. The molecule has 0 spiro atoms. The summed E-state index contributed by atoms with van der Waals surface area (Å²) in [5.74, 6) is 0.960. The second-order valence-electron chi connectivity index (χ2n) is 9.39. The summed E-state index contributed by atoms with van der Waals surface area (Å²) in [6.45, 7) is 7.74. The van der Waals surface area contributed by atoms with Crippen LogP contribution in [0.5, 0.6) is 0 Å². The highest BCUT2D eigenvalue weighted by Gasteiger charge is 2.18. The average molecular weight is 541 g/mol. The number of hydrogen-bond donors (Lipinski definition) is 0. The zero-order valence-electron chi connectivity index (χ0n) is 22.5. The molecule has 0 amide bonds. The van der Waals surface area contributed by atoms with Crippen LogP contribution in [0.3, 0.4) is 0 Å². The molecule has 0 aliphatic heterocycles. The number of ether oxygens (including phenoxy) is 2. The SMILES string of the molecule is CC(C)OC(=Nc1ccc(S(=O)(=O)c2ccc(N=C(OC(C)C)c3ccccc3)cc2)cc1)c1ccccc1. The van der Waals surface area contributed by atoms with E-state index in [-0.39, 0.29) is 22.0 Å². The first-order valence-electron chi connectivity index (χ1n) is 12.8. The first kappa shape index (κ1) is 27.8. The van der Waals surface area contributed by atoms with E-state index in [1.807, 2.05) is 88.4 Å². The van der Waals surface area contributed by atoms with Gasteiger partial charge in [0.05, 0.1) is 33.4 Å². The van der Waals surface area contributed by atoms with Gasteiger partial charge in [-0.1, -0.05) is 36.4 Å². The molecule has 200 valence electrons. The predicted octanol–water partition coefficient (Wildman–Crippen LogP) is 7.53. The van der Waals surface area contributed by atoms with Crippen LogP contribution in [0.25, 0.3) is 0 Å². The molecule has 39 heavy (non-hydrogen) atoms. The summed E-state index contributed by atoms with van der Waals surface area (Å²) in [4.78, 5) is 9.60. The van der Waals surface area contributed by atoms with Crippen LogP contribution < -0.4 is 0 Å². The number of benzene rings is 4. The smallest absolute Gasteiger partial charge is 0.221 e. The zero-order valence-corrected chi connectivity index (χ0v) is 23.3. The van der Waals surface area contributed by atoms with Crippen molar-refractivity contribution in [1.82, 2.24) is 0 Å². The predicted molar refractivity (Wildman–Crippen MR) is 156 cm³/mol. The number of nitrogens with zero attached hydrogens (tertiary/aromatic N) is 2. The summed E-state index contributed by atoms with van der Waals surface area (Å²) in [5.41, 5.74) is 2.88. The van der Waals surface area contributed by atoms with E-state index in [0.29, 0.717) is 23.2 Å². The fourth-order valence-corrected chi connectivity index (χ4v) is 4.96. The minimum atomic E-state index is -3.73. The van der Waals surface area contributed by atoms with Crippen LogP contribution in [0.15, 0.2) is 129 Å². The third-order valence-electron chi connectivity index (χ3n) is 5.49. The van der Waals surface area contributed by atoms with Crippen molar-refractivity contribution in [3.8, 4) is 0 Å². The van der Waals surface area contributed by atoms with Crippen LogP contribution in [-0.2, 0) is 19.3 Å². The third-order valence-corrected chi connectivity index (χ3v) is 7.28. The van der Waals surface area contributed by atoms with Gasteiger partial charge in [0, 0.05) is 11.1 Å². The van der Waals surface area contributed by atoms with Crippen molar-refractivity contribution in [2.75, 3.05) is 0 Å². The molecule has 0 unspecified atom stereocenters. The fourth-order valence-electron chi connectivity index (χ4n) is 3.70. The van der Waals surface area contributed by atoms with Crippen LogP contribution >= 0.6 is 0 Å². The highest BCUT2D eigenvalue weighted by molar-refractivity contribution is 7.91. The van der Waals surface area contributed by atoms with Gasteiger partial charge in [0.1, 0.15) is 0 Å². The lowest BCUT2D eigenvalue weighted by molar-refractivity contribution is 0.229. The van der Waals surface area contributed by atoms with E-state index in [1.54, 1.807) is 48.5 Å². The first-order chi connectivity index (χ1) is 18.7. The van der Waals surface area contributed by atoms with Gasteiger partial charge in [0.15, 0.2) is 0 Å². The van der Waals surface area contributed by atoms with Gasteiger partial charge in [0.25, 0.3) is 0 Å². The van der Waals surface area contributed by atoms with Gasteiger partial charge >= 0.3 is 0 Å². The minimum Gasteiger partial charge on any atom is -0.475 e.